The van der Waals surface area contributed by atoms with Gasteiger partial charge in [-0.25, -0.2) is 0 Å². The number of piperidine rings is 1. The monoisotopic (exact) mass is 328 g/mol. The van der Waals surface area contributed by atoms with Crippen molar-refractivity contribution >= 4 is 27.3 Å². The minimum Gasteiger partial charge on any atom is -0.309 e. The summed E-state index contributed by atoms with van der Waals surface area (Å²) < 4.78 is 1.22. The summed E-state index contributed by atoms with van der Waals surface area (Å²) in [7, 11) is 0. The van der Waals surface area contributed by atoms with Gasteiger partial charge in [-0.1, -0.05) is 12.2 Å². The molecule has 1 N–H and O–H groups in total. The van der Waals surface area contributed by atoms with Crippen molar-refractivity contribution in [1.29, 1.82) is 0 Å². The van der Waals surface area contributed by atoms with Gasteiger partial charge in [0.15, 0.2) is 0 Å². The van der Waals surface area contributed by atoms with E-state index in [2.05, 4.69) is 51.8 Å². The highest BCUT2D eigenvalue weighted by Gasteiger charge is 2.18. The van der Waals surface area contributed by atoms with Crippen LogP contribution >= 0.6 is 27.3 Å². The molecule has 1 aromatic rings. The first kappa shape index (κ1) is 14.3. The quantitative estimate of drug-likeness (QED) is 0.830. The fourth-order valence-electron chi connectivity index (χ4n) is 2.37. The molecule has 0 radical (unpaired) electrons. The van der Waals surface area contributed by atoms with E-state index in [4.69, 9.17) is 0 Å². The second-order valence-corrected chi connectivity index (χ2v) is 7.64. The lowest BCUT2D eigenvalue weighted by molar-refractivity contribution is 0.211. The van der Waals surface area contributed by atoms with Crippen LogP contribution in [-0.4, -0.2) is 30.6 Å². The minimum absolute atomic E-state index is 0.673. The third kappa shape index (κ3) is 4.50. The number of thiophene rings is 1. The van der Waals surface area contributed by atoms with Crippen molar-refractivity contribution in [1.82, 2.24) is 10.2 Å². The second-order valence-electron chi connectivity index (χ2n) is 5.09. The largest absolute Gasteiger partial charge is 0.309 e. The maximum absolute atomic E-state index is 3.99. The molecule has 1 fully saturated rings. The lowest BCUT2D eigenvalue weighted by Crippen LogP contribution is -2.42. The average Bonchev–Trinajstić information content (AvgIpc) is 2.74. The number of nitrogens with zero attached hydrogens (tertiary/aromatic N) is 1. The smallest absolute Gasteiger partial charge is 0.0701 e. The predicted octanol–water partition coefficient (Wildman–Crippen LogP) is 3.64. The Kier molecular flexibility index (Phi) is 5.42. The number of rotatable bonds is 5. The van der Waals surface area contributed by atoms with Crippen LogP contribution in [0.1, 0.15) is 24.6 Å². The number of hydrogen-bond acceptors (Lipinski definition) is 3. The molecular weight excluding hydrogens is 308 g/mol. The Morgan fingerprint density at radius 3 is 2.78 bits per heavy atom. The highest BCUT2D eigenvalue weighted by Crippen LogP contribution is 2.22. The van der Waals surface area contributed by atoms with E-state index in [1.165, 1.54) is 40.2 Å². The molecule has 4 heteroatoms. The highest BCUT2D eigenvalue weighted by atomic mass is 79.9. The third-order valence-electron chi connectivity index (χ3n) is 3.27. The van der Waals surface area contributed by atoms with E-state index in [9.17, 15) is 0 Å². The Balaban J connectivity index is 1.69. The summed E-state index contributed by atoms with van der Waals surface area (Å²) in [6, 6.07) is 4.99. The average molecular weight is 329 g/mol. The van der Waals surface area contributed by atoms with Gasteiger partial charge < -0.3 is 5.32 Å². The number of halogens is 1. The molecule has 0 aromatic carbocycles. The summed E-state index contributed by atoms with van der Waals surface area (Å²) >= 11 is 5.32. The van der Waals surface area contributed by atoms with Crippen LogP contribution in [0.2, 0.25) is 0 Å². The van der Waals surface area contributed by atoms with Crippen molar-refractivity contribution in [2.24, 2.45) is 0 Å². The van der Waals surface area contributed by atoms with Gasteiger partial charge in [0.1, 0.15) is 0 Å². The molecule has 2 rings (SSSR count). The Bertz CT molecular complexity index is 394. The van der Waals surface area contributed by atoms with Gasteiger partial charge in [-0.3, -0.25) is 4.90 Å². The first-order valence-corrected chi connectivity index (χ1v) is 8.09. The van der Waals surface area contributed by atoms with Gasteiger partial charge in [0, 0.05) is 24.0 Å². The van der Waals surface area contributed by atoms with Crippen LogP contribution in [0.3, 0.4) is 0 Å². The molecule has 0 saturated carbocycles. The molecule has 1 aliphatic heterocycles. The number of hydrogen-bond donors (Lipinski definition) is 1. The zero-order chi connectivity index (χ0) is 13.0. The van der Waals surface area contributed by atoms with Gasteiger partial charge in [0.05, 0.1) is 3.79 Å². The lowest BCUT2D eigenvalue weighted by atomic mass is 10.0. The van der Waals surface area contributed by atoms with E-state index in [-0.39, 0.29) is 0 Å². The topological polar surface area (TPSA) is 15.3 Å². The van der Waals surface area contributed by atoms with E-state index in [0.29, 0.717) is 6.04 Å². The van der Waals surface area contributed by atoms with Crippen LogP contribution in [-0.2, 0) is 6.54 Å². The highest BCUT2D eigenvalue weighted by molar-refractivity contribution is 9.11. The fraction of sp³-hybridized carbons (Fsp3) is 0.571. The van der Waals surface area contributed by atoms with Crippen LogP contribution in [0.25, 0.3) is 0 Å². The van der Waals surface area contributed by atoms with Crippen molar-refractivity contribution in [2.75, 3.05) is 19.6 Å². The molecule has 0 unspecified atom stereocenters. The molecule has 1 aliphatic rings. The standard InChI is InChI=1S/C14H21BrN2S/c1-11(2)10-17-7-5-12(6-8-17)16-9-13-3-4-14(15)18-13/h3-4,12,16H,1,5-10H2,2H3. The molecular formula is C14H21BrN2S. The first-order valence-electron chi connectivity index (χ1n) is 6.48. The van der Waals surface area contributed by atoms with E-state index in [1.54, 1.807) is 0 Å². The molecule has 0 amide bonds. The van der Waals surface area contributed by atoms with Gasteiger partial charge in [0.25, 0.3) is 0 Å². The molecule has 100 valence electrons. The van der Waals surface area contributed by atoms with Crippen LogP contribution in [0.15, 0.2) is 28.1 Å². The van der Waals surface area contributed by atoms with E-state index in [0.717, 1.165) is 13.1 Å². The summed E-state index contributed by atoms with van der Waals surface area (Å²) in [6.07, 6.45) is 2.50. The Morgan fingerprint density at radius 2 is 2.22 bits per heavy atom. The summed E-state index contributed by atoms with van der Waals surface area (Å²) in [5, 5.41) is 3.67. The lowest BCUT2D eigenvalue weighted by Gasteiger charge is -2.32. The molecule has 2 heterocycles. The van der Waals surface area contributed by atoms with Crippen molar-refractivity contribution in [3.63, 3.8) is 0 Å². The van der Waals surface area contributed by atoms with Crippen molar-refractivity contribution in [3.05, 3.63) is 32.9 Å². The molecule has 0 aliphatic carbocycles. The van der Waals surface area contributed by atoms with Crippen molar-refractivity contribution < 1.29 is 0 Å². The van der Waals surface area contributed by atoms with E-state index >= 15 is 0 Å². The second kappa shape index (κ2) is 6.85. The maximum Gasteiger partial charge on any atom is 0.0701 e. The number of likely N-dealkylation sites (tertiary alicyclic amines) is 1. The first-order chi connectivity index (χ1) is 8.63. The van der Waals surface area contributed by atoms with Gasteiger partial charge in [-0.2, -0.15) is 0 Å². The molecule has 1 aromatic heterocycles. The van der Waals surface area contributed by atoms with Gasteiger partial charge >= 0.3 is 0 Å². The molecule has 1 saturated heterocycles. The minimum atomic E-state index is 0.673. The summed E-state index contributed by atoms with van der Waals surface area (Å²) in [5.74, 6) is 0. The van der Waals surface area contributed by atoms with Gasteiger partial charge in [-0.05, 0) is 60.9 Å². The molecule has 0 atom stereocenters. The summed E-state index contributed by atoms with van der Waals surface area (Å²) in [5.41, 5.74) is 1.27. The number of nitrogens with one attached hydrogen (secondary N) is 1. The molecule has 0 bridgehead atoms. The van der Waals surface area contributed by atoms with Crippen molar-refractivity contribution in [2.45, 2.75) is 32.4 Å². The van der Waals surface area contributed by atoms with Crippen LogP contribution in [0.4, 0.5) is 0 Å². The maximum atomic E-state index is 3.99. The zero-order valence-corrected chi connectivity index (χ0v) is 13.3. The Hall–Kier alpha value is -0.160. The Labute approximate surface area is 122 Å². The summed E-state index contributed by atoms with van der Waals surface area (Å²) in [6.45, 7) is 10.5. The fourth-order valence-corrected chi connectivity index (χ4v) is 3.80. The SMILES string of the molecule is C=C(C)CN1CCC(NCc2ccc(Br)s2)CC1. The predicted molar refractivity (Wildman–Crippen MR) is 83.1 cm³/mol. The Morgan fingerprint density at radius 1 is 1.50 bits per heavy atom. The van der Waals surface area contributed by atoms with E-state index < -0.39 is 0 Å². The van der Waals surface area contributed by atoms with E-state index in [1.807, 2.05) is 11.3 Å². The van der Waals surface area contributed by atoms with Gasteiger partial charge in [0.2, 0.25) is 0 Å². The van der Waals surface area contributed by atoms with Crippen LogP contribution in [0.5, 0.6) is 0 Å². The zero-order valence-electron chi connectivity index (χ0n) is 10.9. The van der Waals surface area contributed by atoms with Crippen LogP contribution < -0.4 is 5.32 Å². The normalized spacial score (nSPS) is 18.1. The molecule has 18 heavy (non-hydrogen) atoms. The molecule has 2 nitrogen and oxygen atoms in total. The van der Waals surface area contributed by atoms with Crippen LogP contribution in [0, 0.1) is 0 Å². The molecule has 0 spiro atoms. The van der Waals surface area contributed by atoms with Gasteiger partial charge in [-0.15, -0.1) is 11.3 Å². The van der Waals surface area contributed by atoms with Crippen molar-refractivity contribution in [3.8, 4) is 0 Å². The summed E-state index contributed by atoms with van der Waals surface area (Å²) in [4.78, 5) is 3.91. The third-order valence-corrected chi connectivity index (χ3v) is 4.90.